The molecule has 0 atom stereocenters. The van der Waals surface area contributed by atoms with Crippen LogP contribution in [-0.4, -0.2) is 35.9 Å². The molecular formula is C21H17ClFN3O4S. The average Bonchev–Trinajstić information content (AvgIpc) is 2.77. The summed E-state index contributed by atoms with van der Waals surface area (Å²) in [6, 6.07) is 12.1. The van der Waals surface area contributed by atoms with E-state index in [1.54, 1.807) is 25.1 Å². The minimum atomic E-state index is -0.760. The fraction of sp³-hybridized carbons (Fsp3) is 0.143. The topological polar surface area (TPSA) is 82.9 Å². The van der Waals surface area contributed by atoms with Crippen LogP contribution in [0, 0.1) is 5.82 Å². The number of benzene rings is 2. The maximum Gasteiger partial charge on any atom is 0.368 e. The monoisotopic (exact) mass is 461 g/mol. The van der Waals surface area contributed by atoms with E-state index in [1.165, 1.54) is 44.6 Å². The summed E-state index contributed by atoms with van der Waals surface area (Å²) in [6.45, 7) is 1.64. The highest BCUT2D eigenvalue weighted by Crippen LogP contribution is 2.34. The van der Waals surface area contributed by atoms with Crippen molar-refractivity contribution in [1.29, 1.82) is 0 Å². The molecule has 31 heavy (non-hydrogen) atoms. The third-order valence-corrected chi connectivity index (χ3v) is 5.23. The molecule has 0 saturated heterocycles. The van der Waals surface area contributed by atoms with E-state index < -0.39 is 5.97 Å². The number of aromatic nitrogens is 2. The first-order valence-corrected chi connectivity index (χ1v) is 10.1. The Bertz CT molecular complexity index is 1100. The first-order chi connectivity index (χ1) is 14.9. The molecule has 0 radical (unpaired) electrons. The zero-order valence-electron chi connectivity index (χ0n) is 16.8. The standard InChI is InChI=1S/C21H17ClFN3O4S/c1-12(13-7-9-14(23)10-8-13)26-30-20(27)19-15(22)5-4-6-16(19)31-21-24-17(28-2)11-18(25-21)29-3/h4-11H,1-3H3/b26-12+. The molecule has 0 spiro atoms. The maximum absolute atomic E-state index is 13.1. The molecule has 7 nitrogen and oxygen atoms in total. The van der Waals surface area contributed by atoms with Crippen LogP contribution in [0.15, 0.2) is 63.7 Å². The quantitative estimate of drug-likeness (QED) is 0.211. The van der Waals surface area contributed by atoms with Crippen molar-refractivity contribution in [2.45, 2.75) is 17.0 Å². The van der Waals surface area contributed by atoms with E-state index in [-0.39, 0.29) is 16.4 Å². The van der Waals surface area contributed by atoms with Crippen molar-refractivity contribution >= 4 is 35.0 Å². The second-order valence-electron chi connectivity index (χ2n) is 6.01. The maximum atomic E-state index is 13.1. The minimum Gasteiger partial charge on any atom is -0.481 e. The number of hydrogen-bond acceptors (Lipinski definition) is 8. The molecule has 3 aromatic rings. The number of oxime groups is 1. The molecule has 3 rings (SSSR count). The van der Waals surface area contributed by atoms with Gasteiger partial charge in [0.1, 0.15) is 5.82 Å². The summed E-state index contributed by atoms with van der Waals surface area (Å²) in [5.41, 5.74) is 1.12. The van der Waals surface area contributed by atoms with Crippen molar-refractivity contribution in [2.24, 2.45) is 5.16 Å². The number of carbonyl (C=O) groups excluding carboxylic acids is 1. The molecule has 1 heterocycles. The fourth-order valence-corrected chi connectivity index (χ4v) is 3.64. The van der Waals surface area contributed by atoms with Gasteiger partial charge in [0.05, 0.1) is 36.6 Å². The van der Waals surface area contributed by atoms with Gasteiger partial charge in [-0.3, -0.25) is 0 Å². The number of nitrogens with zero attached hydrogens (tertiary/aromatic N) is 3. The van der Waals surface area contributed by atoms with Gasteiger partial charge in [-0.1, -0.05) is 35.0 Å². The van der Waals surface area contributed by atoms with Gasteiger partial charge in [-0.05, 0) is 48.5 Å². The smallest absolute Gasteiger partial charge is 0.368 e. The lowest BCUT2D eigenvalue weighted by molar-refractivity contribution is 0.0512. The molecule has 0 bridgehead atoms. The Morgan fingerprint density at radius 3 is 2.32 bits per heavy atom. The molecule has 2 aromatic carbocycles. The highest BCUT2D eigenvalue weighted by molar-refractivity contribution is 7.99. The number of methoxy groups -OCH3 is 2. The second kappa shape index (κ2) is 10.2. The van der Waals surface area contributed by atoms with E-state index in [9.17, 15) is 9.18 Å². The Morgan fingerprint density at radius 2 is 1.71 bits per heavy atom. The number of rotatable bonds is 7. The zero-order valence-corrected chi connectivity index (χ0v) is 18.3. The van der Waals surface area contributed by atoms with Crippen molar-refractivity contribution in [3.63, 3.8) is 0 Å². The Kier molecular flexibility index (Phi) is 7.43. The molecule has 0 unspecified atom stereocenters. The zero-order chi connectivity index (χ0) is 22.4. The van der Waals surface area contributed by atoms with Gasteiger partial charge in [0, 0.05) is 4.90 Å². The van der Waals surface area contributed by atoms with Crippen molar-refractivity contribution in [3.05, 3.63) is 70.5 Å². The molecule has 0 aliphatic rings. The van der Waals surface area contributed by atoms with E-state index in [0.717, 1.165) is 11.8 Å². The molecule has 0 saturated carbocycles. The van der Waals surface area contributed by atoms with E-state index in [1.807, 2.05) is 0 Å². The summed E-state index contributed by atoms with van der Waals surface area (Å²) in [6.07, 6.45) is 0. The van der Waals surface area contributed by atoms with Crippen LogP contribution in [0.2, 0.25) is 5.02 Å². The van der Waals surface area contributed by atoms with Crippen LogP contribution in [0.25, 0.3) is 0 Å². The van der Waals surface area contributed by atoms with Gasteiger partial charge >= 0.3 is 5.97 Å². The van der Waals surface area contributed by atoms with Crippen molar-refractivity contribution in [3.8, 4) is 11.8 Å². The molecular weight excluding hydrogens is 445 g/mol. The average molecular weight is 462 g/mol. The summed E-state index contributed by atoms with van der Waals surface area (Å²) in [5.74, 6) is -0.521. The van der Waals surface area contributed by atoms with E-state index in [4.69, 9.17) is 25.9 Å². The van der Waals surface area contributed by atoms with Gasteiger partial charge in [0.15, 0.2) is 5.16 Å². The van der Waals surface area contributed by atoms with Crippen LogP contribution in [0.4, 0.5) is 4.39 Å². The molecule has 160 valence electrons. The predicted octanol–water partition coefficient (Wildman–Crippen LogP) is 5.02. The third kappa shape index (κ3) is 5.71. The molecule has 0 fully saturated rings. The third-order valence-electron chi connectivity index (χ3n) is 3.99. The summed E-state index contributed by atoms with van der Waals surface area (Å²) in [4.78, 5) is 26.8. The van der Waals surface area contributed by atoms with Crippen LogP contribution in [0.3, 0.4) is 0 Å². The van der Waals surface area contributed by atoms with Gasteiger partial charge in [-0.25, -0.2) is 9.18 Å². The Morgan fingerprint density at radius 1 is 1.06 bits per heavy atom. The lowest BCUT2D eigenvalue weighted by Crippen LogP contribution is -2.06. The Hall–Kier alpha value is -3.17. The predicted molar refractivity (Wildman–Crippen MR) is 115 cm³/mol. The lowest BCUT2D eigenvalue weighted by atomic mass is 10.1. The van der Waals surface area contributed by atoms with Gasteiger partial charge in [-0.2, -0.15) is 9.97 Å². The SMILES string of the molecule is COc1cc(OC)nc(Sc2cccc(Cl)c2C(=O)O/N=C(\C)c2ccc(F)cc2)n1. The molecule has 0 aliphatic heterocycles. The van der Waals surface area contributed by atoms with Gasteiger partial charge in [0.2, 0.25) is 11.8 Å². The lowest BCUT2D eigenvalue weighted by Gasteiger charge is -2.10. The second-order valence-corrected chi connectivity index (χ2v) is 7.43. The van der Waals surface area contributed by atoms with Crippen molar-refractivity contribution in [2.75, 3.05) is 14.2 Å². The van der Waals surface area contributed by atoms with Crippen LogP contribution in [-0.2, 0) is 4.84 Å². The Labute approximate surface area is 187 Å². The minimum absolute atomic E-state index is 0.107. The van der Waals surface area contributed by atoms with Crippen LogP contribution in [0.5, 0.6) is 11.8 Å². The van der Waals surface area contributed by atoms with E-state index in [2.05, 4.69) is 15.1 Å². The summed E-state index contributed by atoms with van der Waals surface area (Å²) >= 11 is 7.35. The molecule has 0 aliphatic carbocycles. The van der Waals surface area contributed by atoms with E-state index in [0.29, 0.717) is 33.1 Å². The fourth-order valence-electron chi connectivity index (χ4n) is 2.42. The highest BCUT2D eigenvalue weighted by Gasteiger charge is 2.20. The van der Waals surface area contributed by atoms with Crippen molar-refractivity contribution < 1.29 is 23.5 Å². The van der Waals surface area contributed by atoms with Crippen LogP contribution < -0.4 is 9.47 Å². The highest BCUT2D eigenvalue weighted by atomic mass is 35.5. The van der Waals surface area contributed by atoms with Crippen LogP contribution in [0.1, 0.15) is 22.8 Å². The molecule has 1 aromatic heterocycles. The largest absolute Gasteiger partial charge is 0.481 e. The Balaban J connectivity index is 1.86. The first kappa shape index (κ1) is 22.5. The normalized spacial score (nSPS) is 11.2. The summed E-state index contributed by atoms with van der Waals surface area (Å²) in [5, 5.41) is 4.32. The number of hydrogen-bond donors (Lipinski definition) is 0. The first-order valence-electron chi connectivity index (χ1n) is 8.86. The van der Waals surface area contributed by atoms with Crippen LogP contribution >= 0.6 is 23.4 Å². The van der Waals surface area contributed by atoms with Gasteiger partial charge in [0.25, 0.3) is 0 Å². The van der Waals surface area contributed by atoms with Gasteiger partial charge in [-0.15, -0.1) is 0 Å². The molecule has 0 amide bonds. The number of ether oxygens (including phenoxy) is 2. The van der Waals surface area contributed by atoms with E-state index >= 15 is 0 Å². The summed E-state index contributed by atoms with van der Waals surface area (Å²) in [7, 11) is 2.94. The van der Waals surface area contributed by atoms with Gasteiger partial charge < -0.3 is 14.3 Å². The molecule has 10 heteroatoms. The number of halogens is 2. The summed E-state index contributed by atoms with van der Waals surface area (Å²) < 4.78 is 23.4. The molecule has 0 N–H and O–H groups in total. The van der Waals surface area contributed by atoms with Crippen molar-refractivity contribution in [1.82, 2.24) is 9.97 Å². The number of carbonyl (C=O) groups is 1.